The number of guanidine groups is 1. The Kier molecular flexibility index (Phi) is 11.2. The zero-order valence-electron chi connectivity index (χ0n) is 18.7. The second-order valence-electron chi connectivity index (χ2n) is 7.77. The standard InChI is InChI=1S/C23H30F3N5O.HI/c1-27-22(29-14-18-5-7-19(8-6-18)16-32-17-23(24,25)26)30-15-20-9-10-28-21(13-20)31-11-3-2-4-12-31;/h5-10,13H,2-4,11-12,14-17H2,1H3,(H2,27,29,30);1H. The summed E-state index contributed by atoms with van der Waals surface area (Å²) in [6, 6.07) is 11.4. The molecule has 1 aliphatic heterocycles. The van der Waals surface area contributed by atoms with Gasteiger partial charge >= 0.3 is 6.18 Å². The summed E-state index contributed by atoms with van der Waals surface area (Å²) in [5.41, 5.74) is 2.82. The molecule has 0 spiro atoms. The molecular formula is C23H31F3IN5O. The molecule has 182 valence electrons. The second kappa shape index (κ2) is 13.6. The van der Waals surface area contributed by atoms with Crippen molar-refractivity contribution < 1.29 is 17.9 Å². The summed E-state index contributed by atoms with van der Waals surface area (Å²) >= 11 is 0. The van der Waals surface area contributed by atoms with Gasteiger partial charge in [-0.1, -0.05) is 24.3 Å². The highest BCUT2D eigenvalue weighted by Gasteiger charge is 2.27. The smallest absolute Gasteiger partial charge is 0.367 e. The van der Waals surface area contributed by atoms with Gasteiger partial charge in [-0.2, -0.15) is 13.2 Å². The molecule has 0 aliphatic carbocycles. The van der Waals surface area contributed by atoms with Gasteiger partial charge in [0.2, 0.25) is 0 Å². The van der Waals surface area contributed by atoms with Crippen molar-refractivity contribution >= 4 is 35.8 Å². The van der Waals surface area contributed by atoms with Gasteiger partial charge in [0.1, 0.15) is 12.4 Å². The fourth-order valence-electron chi connectivity index (χ4n) is 3.50. The molecule has 1 aliphatic rings. The summed E-state index contributed by atoms with van der Waals surface area (Å²) < 4.78 is 41.1. The number of halogens is 4. The van der Waals surface area contributed by atoms with Crippen LogP contribution in [-0.4, -0.2) is 43.9 Å². The van der Waals surface area contributed by atoms with E-state index in [1.165, 1.54) is 19.3 Å². The van der Waals surface area contributed by atoms with Crippen molar-refractivity contribution in [3.05, 3.63) is 59.3 Å². The predicted octanol–water partition coefficient (Wildman–Crippen LogP) is 4.63. The summed E-state index contributed by atoms with van der Waals surface area (Å²) in [7, 11) is 1.71. The molecule has 1 aromatic heterocycles. The molecule has 3 rings (SSSR count). The van der Waals surface area contributed by atoms with Gasteiger partial charge in [0.05, 0.1) is 6.61 Å². The van der Waals surface area contributed by atoms with Gasteiger partial charge in [-0.05, 0) is 48.1 Å². The summed E-state index contributed by atoms with van der Waals surface area (Å²) in [5.74, 6) is 1.69. The molecule has 10 heteroatoms. The molecule has 2 aromatic rings. The van der Waals surface area contributed by atoms with Crippen molar-refractivity contribution in [3.8, 4) is 0 Å². The monoisotopic (exact) mass is 577 g/mol. The predicted molar refractivity (Wildman–Crippen MR) is 135 cm³/mol. The lowest BCUT2D eigenvalue weighted by atomic mass is 10.1. The largest absolute Gasteiger partial charge is 0.411 e. The first-order valence-electron chi connectivity index (χ1n) is 10.8. The van der Waals surface area contributed by atoms with Crippen LogP contribution in [-0.2, 0) is 24.4 Å². The molecule has 33 heavy (non-hydrogen) atoms. The van der Waals surface area contributed by atoms with E-state index in [2.05, 4.69) is 36.3 Å². The molecule has 6 nitrogen and oxygen atoms in total. The van der Waals surface area contributed by atoms with Crippen LogP contribution in [0.25, 0.3) is 0 Å². The van der Waals surface area contributed by atoms with Crippen LogP contribution in [0.1, 0.15) is 36.0 Å². The van der Waals surface area contributed by atoms with E-state index >= 15 is 0 Å². The van der Waals surface area contributed by atoms with Crippen molar-refractivity contribution in [2.45, 2.75) is 45.1 Å². The molecule has 1 fully saturated rings. The lowest BCUT2D eigenvalue weighted by molar-refractivity contribution is -0.176. The van der Waals surface area contributed by atoms with E-state index in [1.807, 2.05) is 24.4 Å². The molecule has 1 aromatic carbocycles. The Morgan fingerprint density at radius 1 is 1.00 bits per heavy atom. The number of benzene rings is 1. The van der Waals surface area contributed by atoms with Gasteiger partial charge in [-0.15, -0.1) is 24.0 Å². The third kappa shape index (κ3) is 9.75. The molecule has 2 N–H and O–H groups in total. The van der Waals surface area contributed by atoms with E-state index in [1.54, 1.807) is 19.2 Å². The van der Waals surface area contributed by atoms with Gasteiger partial charge in [0, 0.05) is 39.4 Å². The Morgan fingerprint density at radius 3 is 2.27 bits per heavy atom. The van der Waals surface area contributed by atoms with Crippen molar-refractivity contribution in [3.63, 3.8) is 0 Å². The Hall–Kier alpha value is -2.08. The zero-order valence-corrected chi connectivity index (χ0v) is 21.0. The van der Waals surface area contributed by atoms with E-state index in [4.69, 9.17) is 0 Å². The van der Waals surface area contributed by atoms with Gasteiger partial charge in [0.25, 0.3) is 0 Å². The highest BCUT2D eigenvalue weighted by molar-refractivity contribution is 14.0. The summed E-state index contributed by atoms with van der Waals surface area (Å²) in [4.78, 5) is 11.1. The van der Waals surface area contributed by atoms with Crippen molar-refractivity contribution in [2.24, 2.45) is 4.99 Å². The van der Waals surface area contributed by atoms with E-state index in [0.29, 0.717) is 24.6 Å². The fraction of sp³-hybridized carbons (Fsp3) is 0.478. The van der Waals surface area contributed by atoms with Gasteiger partial charge in [-0.3, -0.25) is 4.99 Å². The number of nitrogens with zero attached hydrogens (tertiary/aromatic N) is 3. The number of nitrogens with one attached hydrogen (secondary N) is 2. The maximum Gasteiger partial charge on any atom is 0.411 e. The molecule has 0 saturated carbocycles. The first kappa shape index (κ1) is 27.2. The molecule has 0 bridgehead atoms. The third-order valence-electron chi connectivity index (χ3n) is 5.19. The zero-order chi connectivity index (χ0) is 22.8. The number of anilines is 1. The van der Waals surface area contributed by atoms with Gasteiger partial charge in [-0.25, -0.2) is 4.98 Å². The number of hydrogen-bond acceptors (Lipinski definition) is 4. The first-order chi connectivity index (χ1) is 15.4. The number of hydrogen-bond donors (Lipinski definition) is 2. The summed E-state index contributed by atoms with van der Waals surface area (Å²) in [6.45, 7) is 1.97. The van der Waals surface area contributed by atoms with E-state index < -0.39 is 12.8 Å². The molecule has 0 amide bonds. The topological polar surface area (TPSA) is 61.8 Å². The second-order valence-corrected chi connectivity index (χ2v) is 7.77. The quantitative estimate of drug-likeness (QED) is 0.272. The number of ether oxygens (including phenoxy) is 1. The number of alkyl halides is 3. The van der Waals surface area contributed by atoms with Gasteiger partial charge < -0.3 is 20.3 Å². The van der Waals surface area contributed by atoms with Crippen molar-refractivity contribution in [2.75, 3.05) is 31.6 Å². The number of rotatable bonds is 8. The van der Waals surface area contributed by atoms with Gasteiger partial charge in [0.15, 0.2) is 5.96 Å². The number of pyridine rings is 1. The third-order valence-corrected chi connectivity index (χ3v) is 5.19. The Morgan fingerprint density at radius 2 is 1.64 bits per heavy atom. The highest BCUT2D eigenvalue weighted by Crippen LogP contribution is 2.18. The van der Waals surface area contributed by atoms with Crippen LogP contribution in [0.15, 0.2) is 47.6 Å². The fourth-order valence-corrected chi connectivity index (χ4v) is 3.50. The number of piperidine rings is 1. The maximum atomic E-state index is 12.2. The highest BCUT2D eigenvalue weighted by atomic mass is 127. The van der Waals surface area contributed by atoms with Crippen LogP contribution in [0.2, 0.25) is 0 Å². The lowest BCUT2D eigenvalue weighted by Gasteiger charge is -2.28. The van der Waals surface area contributed by atoms with E-state index in [9.17, 15) is 13.2 Å². The van der Waals surface area contributed by atoms with Crippen LogP contribution in [0.5, 0.6) is 0 Å². The Balaban J connectivity index is 0.00000385. The minimum absolute atomic E-state index is 0. The van der Waals surface area contributed by atoms with Crippen LogP contribution < -0.4 is 15.5 Å². The Bertz CT molecular complexity index is 871. The number of aliphatic imine (C=N–C) groups is 1. The van der Waals surface area contributed by atoms with Crippen LogP contribution in [0, 0.1) is 0 Å². The van der Waals surface area contributed by atoms with Crippen LogP contribution in [0.3, 0.4) is 0 Å². The lowest BCUT2D eigenvalue weighted by Crippen LogP contribution is -2.36. The Labute approximate surface area is 210 Å². The first-order valence-corrected chi connectivity index (χ1v) is 10.8. The molecule has 2 heterocycles. The van der Waals surface area contributed by atoms with Crippen LogP contribution in [0.4, 0.5) is 19.0 Å². The average Bonchev–Trinajstić information content (AvgIpc) is 2.80. The average molecular weight is 577 g/mol. The van der Waals surface area contributed by atoms with E-state index in [-0.39, 0.29) is 30.6 Å². The molecule has 0 radical (unpaired) electrons. The summed E-state index contributed by atoms with van der Waals surface area (Å²) in [6.07, 6.45) is 1.24. The molecule has 1 saturated heterocycles. The van der Waals surface area contributed by atoms with Crippen molar-refractivity contribution in [1.82, 2.24) is 15.6 Å². The normalized spacial score (nSPS) is 14.5. The summed E-state index contributed by atoms with van der Waals surface area (Å²) in [5, 5.41) is 6.55. The van der Waals surface area contributed by atoms with Crippen LogP contribution >= 0.6 is 24.0 Å². The molecule has 0 atom stereocenters. The molecular weight excluding hydrogens is 546 g/mol. The number of aromatic nitrogens is 1. The minimum Gasteiger partial charge on any atom is -0.367 e. The molecule has 0 unspecified atom stereocenters. The maximum absolute atomic E-state index is 12.2. The van der Waals surface area contributed by atoms with E-state index in [0.717, 1.165) is 30.0 Å². The SMILES string of the molecule is CN=C(NCc1ccc(COCC(F)(F)F)cc1)NCc1ccnc(N2CCCCC2)c1.I. The minimum atomic E-state index is -4.31. The van der Waals surface area contributed by atoms with Crippen molar-refractivity contribution in [1.29, 1.82) is 0 Å².